The van der Waals surface area contributed by atoms with E-state index in [-0.39, 0.29) is 0 Å². The van der Waals surface area contributed by atoms with Crippen molar-refractivity contribution in [2.24, 2.45) is 0 Å². The highest BCUT2D eigenvalue weighted by Gasteiger charge is 2.06. The minimum atomic E-state index is 0.672. The number of hydrogen-bond acceptors (Lipinski definition) is 5. The molecule has 2 rings (SSSR count). The van der Waals surface area contributed by atoms with Gasteiger partial charge >= 0.3 is 0 Å². The number of rotatable bonds is 5. The standard InChI is InChI=1S/C11H10O3S2/c1-12-10-7-8-15-11(10)16-14-13-9-5-3-2-4-6-9/h2-8H,1H3. The summed E-state index contributed by atoms with van der Waals surface area (Å²) in [6.45, 7) is 0. The molecule has 0 amide bonds. The fourth-order valence-corrected chi connectivity index (χ4v) is 2.46. The van der Waals surface area contributed by atoms with Gasteiger partial charge in [0.1, 0.15) is 9.96 Å². The Morgan fingerprint density at radius 1 is 1.12 bits per heavy atom. The van der Waals surface area contributed by atoms with Crippen LogP contribution < -0.4 is 9.62 Å². The van der Waals surface area contributed by atoms with Gasteiger partial charge in [-0.15, -0.1) is 15.7 Å². The number of ether oxygens (including phenoxy) is 1. The molecule has 0 saturated heterocycles. The number of para-hydroxylation sites is 1. The quantitative estimate of drug-likeness (QED) is 0.461. The Morgan fingerprint density at radius 2 is 1.94 bits per heavy atom. The highest BCUT2D eigenvalue weighted by molar-refractivity contribution is 7.96. The summed E-state index contributed by atoms with van der Waals surface area (Å²) in [5.74, 6) is 1.47. The molecule has 1 heterocycles. The monoisotopic (exact) mass is 254 g/mol. The van der Waals surface area contributed by atoms with Gasteiger partial charge in [0, 0.05) is 0 Å². The summed E-state index contributed by atoms with van der Waals surface area (Å²) < 4.78 is 11.1. The van der Waals surface area contributed by atoms with E-state index in [1.165, 1.54) is 0 Å². The Bertz CT molecular complexity index is 428. The van der Waals surface area contributed by atoms with Crippen molar-refractivity contribution in [2.75, 3.05) is 7.11 Å². The lowest BCUT2D eigenvalue weighted by atomic mass is 10.3. The molecule has 0 radical (unpaired) electrons. The molecule has 0 aliphatic carbocycles. The smallest absolute Gasteiger partial charge is 0.166 e. The van der Waals surface area contributed by atoms with Crippen molar-refractivity contribution < 1.29 is 14.0 Å². The molecule has 0 aliphatic heterocycles. The molecule has 16 heavy (non-hydrogen) atoms. The third-order valence-corrected chi connectivity index (χ3v) is 3.47. The van der Waals surface area contributed by atoms with Gasteiger partial charge in [0.05, 0.1) is 19.2 Å². The van der Waals surface area contributed by atoms with E-state index in [9.17, 15) is 0 Å². The SMILES string of the molecule is COc1ccsc1SOOc1ccccc1. The maximum atomic E-state index is 5.14. The van der Waals surface area contributed by atoms with Crippen LogP contribution in [0.1, 0.15) is 0 Å². The van der Waals surface area contributed by atoms with Crippen LogP contribution in [-0.2, 0) is 4.33 Å². The fourth-order valence-electron chi connectivity index (χ4n) is 1.06. The molecule has 0 saturated carbocycles. The maximum Gasteiger partial charge on any atom is 0.166 e. The largest absolute Gasteiger partial charge is 0.495 e. The third-order valence-electron chi connectivity index (χ3n) is 1.80. The van der Waals surface area contributed by atoms with Gasteiger partial charge in [0.25, 0.3) is 0 Å². The molecule has 0 unspecified atom stereocenters. The zero-order valence-electron chi connectivity index (χ0n) is 8.58. The van der Waals surface area contributed by atoms with Crippen LogP contribution in [0, 0.1) is 0 Å². The number of methoxy groups -OCH3 is 1. The molecule has 2 aromatic rings. The second-order valence-electron chi connectivity index (χ2n) is 2.82. The van der Waals surface area contributed by atoms with Gasteiger partial charge in [0.2, 0.25) is 0 Å². The summed E-state index contributed by atoms with van der Waals surface area (Å²) in [7, 11) is 1.63. The second kappa shape index (κ2) is 5.79. The van der Waals surface area contributed by atoms with Gasteiger partial charge in [-0.25, -0.2) is 0 Å². The summed E-state index contributed by atoms with van der Waals surface area (Å²) in [5.41, 5.74) is 0. The van der Waals surface area contributed by atoms with Crippen LogP contribution in [0.25, 0.3) is 0 Å². The summed E-state index contributed by atoms with van der Waals surface area (Å²) in [6, 6.07) is 11.2. The topological polar surface area (TPSA) is 27.7 Å². The maximum absolute atomic E-state index is 5.14. The lowest BCUT2D eigenvalue weighted by Gasteiger charge is -2.03. The number of thiophene rings is 1. The Labute approximate surface area is 102 Å². The van der Waals surface area contributed by atoms with Crippen LogP contribution in [0.2, 0.25) is 0 Å². The Kier molecular flexibility index (Phi) is 4.10. The highest BCUT2D eigenvalue weighted by atomic mass is 32.2. The van der Waals surface area contributed by atoms with E-state index < -0.39 is 0 Å². The van der Waals surface area contributed by atoms with E-state index in [0.29, 0.717) is 5.75 Å². The third kappa shape index (κ3) is 2.91. The lowest BCUT2D eigenvalue weighted by molar-refractivity contribution is -0.0776. The number of benzene rings is 1. The minimum absolute atomic E-state index is 0.672. The van der Waals surface area contributed by atoms with E-state index in [4.69, 9.17) is 14.0 Å². The zero-order valence-corrected chi connectivity index (χ0v) is 10.2. The van der Waals surface area contributed by atoms with Crippen molar-refractivity contribution >= 4 is 23.4 Å². The van der Waals surface area contributed by atoms with Gasteiger partial charge in [-0.2, -0.15) is 0 Å². The summed E-state index contributed by atoms with van der Waals surface area (Å²) in [5, 5.41) is 1.94. The molecule has 84 valence electrons. The summed E-state index contributed by atoms with van der Waals surface area (Å²) >= 11 is 2.69. The molecule has 0 N–H and O–H groups in total. The molecule has 3 nitrogen and oxygen atoms in total. The van der Waals surface area contributed by atoms with Crippen LogP contribution in [-0.4, -0.2) is 7.11 Å². The lowest BCUT2D eigenvalue weighted by Crippen LogP contribution is -1.88. The minimum Gasteiger partial charge on any atom is -0.495 e. The molecular weight excluding hydrogens is 244 g/mol. The van der Waals surface area contributed by atoms with E-state index in [2.05, 4.69) is 0 Å². The molecule has 0 fully saturated rings. The summed E-state index contributed by atoms with van der Waals surface area (Å²) in [6.07, 6.45) is 0. The van der Waals surface area contributed by atoms with Crippen LogP contribution in [0.15, 0.2) is 46.0 Å². The van der Waals surface area contributed by atoms with E-state index in [1.54, 1.807) is 18.4 Å². The average molecular weight is 254 g/mol. The van der Waals surface area contributed by atoms with Gasteiger partial charge < -0.3 is 9.62 Å². The van der Waals surface area contributed by atoms with Crippen LogP contribution in [0.4, 0.5) is 0 Å². The van der Waals surface area contributed by atoms with Gasteiger partial charge in [-0.05, 0) is 23.6 Å². The van der Waals surface area contributed by atoms with Gasteiger partial charge in [0.15, 0.2) is 5.75 Å². The molecule has 5 heteroatoms. The van der Waals surface area contributed by atoms with Crippen LogP contribution >= 0.6 is 23.4 Å². The van der Waals surface area contributed by atoms with Crippen molar-refractivity contribution in [2.45, 2.75) is 4.21 Å². The molecular formula is C11H10O3S2. The molecule has 0 spiro atoms. The fraction of sp³-hybridized carbons (Fsp3) is 0.0909. The van der Waals surface area contributed by atoms with Crippen molar-refractivity contribution in [3.05, 3.63) is 41.8 Å². The molecule has 0 atom stereocenters. The Morgan fingerprint density at radius 3 is 2.69 bits per heavy atom. The van der Waals surface area contributed by atoms with Crippen molar-refractivity contribution in [3.63, 3.8) is 0 Å². The number of hydrogen-bond donors (Lipinski definition) is 0. The molecule has 1 aromatic carbocycles. The van der Waals surface area contributed by atoms with E-state index in [0.717, 1.165) is 22.0 Å². The van der Waals surface area contributed by atoms with Crippen molar-refractivity contribution in [1.29, 1.82) is 0 Å². The first-order chi connectivity index (χ1) is 7.90. The first-order valence-electron chi connectivity index (χ1n) is 4.58. The normalized spacial score (nSPS) is 10.1. The van der Waals surface area contributed by atoms with E-state index in [1.807, 2.05) is 41.8 Å². The average Bonchev–Trinajstić information content (AvgIpc) is 2.78. The van der Waals surface area contributed by atoms with Crippen molar-refractivity contribution in [3.8, 4) is 11.5 Å². The zero-order chi connectivity index (χ0) is 11.2. The Balaban J connectivity index is 1.85. The molecule has 0 aliphatic rings. The first kappa shape index (κ1) is 11.3. The van der Waals surface area contributed by atoms with Gasteiger partial charge in [-0.3, -0.25) is 0 Å². The van der Waals surface area contributed by atoms with E-state index >= 15 is 0 Å². The first-order valence-corrected chi connectivity index (χ1v) is 6.20. The predicted molar refractivity (Wildman–Crippen MR) is 64.9 cm³/mol. The highest BCUT2D eigenvalue weighted by Crippen LogP contribution is 2.35. The molecule has 1 aromatic heterocycles. The molecule has 0 bridgehead atoms. The second-order valence-corrected chi connectivity index (χ2v) is 4.71. The Hall–Kier alpha value is -1.17. The van der Waals surface area contributed by atoms with Crippen LogP contribution in [0.5, 0.6) is 11.5 Å². The summed E-state index contributed by atoms with van der Waals surface area (Å²) in [4.78, 5) is 5.09. The predicted octanol–water partition coefficient (Wildman–Crippen LogP) is 3.77. The van der Waals surface area contributed by atoms with Crippen molar-refractivity contribution in [1.82, 2.24) is 0 Å². The van der Waals surface area contributed by atoms with Gasteiger partial charge in [-0.1, -0.05) is 18.2 Å². The van der Waals surface area contributed by atoms with Crippen LogP contribution in [0.3, 0.4) is 0 Å².